The van der Waals surface area contributed by atoms with Gasteiger partial charge in [-0.05, 0) is 30.7 Å². The first-order valence-electron chi connectivity index (χ1n) is 6.43. The van der Waals surface area contributed by atoms with E-state index in [0.29, 0.717) is 16.9 Å². The van der Waals surface area contributed by atoms with E-state index in [4.69, 9.17) is 10.2 Å². The van der Waals surface area contributed by atoms with Crippen molar-refractivity contribution in [3.8, 4) is 0 Å². The highest BCUT2D eigenvalue weighted by atomic mass is 19.2. The van der Waals surface area contributed by atoms with E-state index in [2.05, 4.69) is 0 Å². The number of carbonyl (C=O) groups excluding carboxylic acids is 1. The lowest BCUT2D eigenvalue weighted by molar-refractivity contribution is 0.0741. The van der Waals surface area contributed by atoms with Gasteiger partial charge in [0.2, 0.25) is 0 Å². The molecule has 0 saturated carbocycles. The van der Waals surface area contributed by atoms with Gasteiger partial charge in [0.1, 0.15) is 12.0 Å². The van der Waals surface area contributed by atoms with Crippen LogP contribution in [0.3, 0.4) is 0 Å². The van der Waals surface area contributed by atoms with Crippen LogP contribution in [0.15, 0.2) is 34.9 Å². The van der Waals surface area contributed by atoms with E-state index >= 15 is 0 Å². The summed E-state index contributed by atoms with van der Waals surface area (Å²) in [5, 5.41) is 0. The van der Waals surface area contributed by atoms with Gasteiger partial charge < -0.3 is 15.1 Å². The second kappa shape index (κ2) is 6.05. The van der Waals surface area contributed by atoms with Crippen LogP contribution in [-0.4, -0.2) is 17.9 Å². The van der Waals surface area contributed by atoms with E-state index in [1.54, 1.807) is 20.0 Å². The van der Waals surface area contributed by atoms with Crippen molar-refractivity contribution in [2.24, 2.45) is 5.73 Å². The van der Waals surface area contributed by atoms with Crippen molar-refractivity contribution in [1.29, 1.82) is 0 Å². The Labute approximate surface area is 121 Å². The van der Waals surface area contributed by atoms with E-state index in [1.807, 2.05) is 0 Å². The molecule has 0 bridgehead atoms. The minimum atomic E-state index is -0.936. The molecular weight excluding hydrogens is 278 g/mol. The smallest absolute Gasteiger partial charge is 0.257 e. The molecule has 4 nitrogen and oxygen atoms in total. The van der Waals surface area contributed by atoms with Gasteiger partial charge in [-0.25, -0.2) is 8.78 Å². The van der Waals surface area contributed by atoms with Crippen LogP contribution in [0.25, 0.3) is 0 Å². The van der Waals surface area contributed by atoms with Crippen molar-refractivity contribution in [3.05, 3.63) is 59.1 Å². The van der Waals surface area contributed by atoms with Crippen LogP contribution in [0.5, 0.6) is 0 Å². The Hall–Kier alpha value is -2.21. The topological polar surface area (TPSA) is 59.5 Å². The van der Waals surface area contributed by atoms with Crippen molar-refractivity contribution in [2.45, 2.75) is 19.5 Å². The Morgan fingerprint density at radius 3 is 2.62 bits per heavy atom. The molecule has 1 amide bonds. The number of amides is 1. The fraction of sp³-hybridized carbons (Fsp3) is 0.267. The third-order valence-corrected chi connectivity index (χ3v) is 3.43. The summed E-state index contributed by atoms with van der Waals surface area (Å²) >= 11 is 0. The number of nitrogens with two attached hydrogens (primary N) is 1. The summed E-state index contributed by atoms with van der Waals surface area (Å²) in [6, 6.07) is 4.74. The lowest BCUT2D eigenvalue weighted by Crippen LogP contribution is -2.29. The molecule has 6 heteroatoms. The maximum Gasteiger partial charge on any atom is 0.257 e. The molecular formula is C15H16F2N2O2. The Bertz CT molecular complexity index is 655. The summed E-state index contributed by atoms with van der Waals surface area (Å²) < 4.78 is 31.3. The number of nitrogens with zero attached hydrogens (tertiary/aromatic N) is 1. The van der Waals surface area contributed by atoms with E-state index in [1.165, 1.54) is 17.2 Å². The number of furan rings is 1. The Kier molecular flexibility index (Phi) is 4.37. The molecule has 0 aliphatic rings. The van der Waals surface area contributed by atoms with Gasteiger partial charge in [0.05, 0.1) is 18.2 Å². The summed E-state index contributed by atoms with van der Waals surface area (Å²) in [7, 11) is 1.59. The second-order valence-corrected chi connectivity index (χ2v) is 4.77. The first kappa shape index (κ1) is 15.2. The number of benzene rings is 1. The predicted molar refractivity (Wildman–Crippen MR) is 73.5 cm³/mol. The van der Waals surface area contributed by atoms with Crippen molar-refractivity contribution in [2.75, 3.05) is 7.05 Å². The van der Waals surface area contributed by atoms with Gasteiger partial charge in [0.15, 0.2) is 11.6 Å². The van der Waals surface area contributed by atoms with E-state index in [0.717, 1.165) is 12.1 Å². The van der Waals surface area contributed by atoms with E-state index in [-0.39, 0.29) is 12.5 Å². The quantitative estimate of drug-likeness (QED) is 0.943. The van der Waals surface area contributed by atoms with Crippen LogP contribution < -0.4 is 5.73 Å². The van der Waals surface area contributed by atoms with Crippen molar-refractivity contribution >= 4 is 5.91 Å². The molecule has 2 rings (SSSR count). The largest absolute Gasteiger partial charge is 0.467 e. The van der Waals surface area contributed by atoms with Crippen molar-refractivity contribution in [3.63, 3.8) is 0 Å². The van der Waals surface area contributed by atoms with Gasteiger partial charge in [-0.2, -0.15) is 0 Å². The zero-order chi connectivity index (χ0) is 15.6. The van der Waals surface area contributed by atoms with Gasteiger partial charge in [-0.1, -0.05) is 6.07 Å². The van der Waals surface area contributed by atoms with Gasteiger partial charge in [-0.15, -0.1) is 0 Å². The Balaban J connectivity index is 2.19. The highest BCUT2D eigenvalue weighted by Crippen LogP contribution is 2.23. The van der Waals surface area contributed by atoms with Crippen LogP contribution in [0.2, 0.25) is 0 Å². The zero-order valence-electron chi connectivity index (χ0n) is 11.8. The van der Waals surface area contributed by atoms with E-state index < -0.39 is 17.7 Å². The molecule has 0 radical (unpaired) electrons. The molecule has 0 aliphatic carbocycles. The molecule has 1 unspecified atom stereocenters. The van der Waals surface area contributed by atoms with Gasteiger partial charge >= 0.3 is 0 Å². The van der Waals surface area contributed by atoms with Crippen LogP contribution >= 0.6 is 0 Å². The highest BCUT2D eigenvalue weighted by molar-refractivity contribution is 5.94. The van der Waals surface area contributed by atoms with E-state index in [9.17, 15) is 13.6 Å². The third-order valence-electron chi connectivity index (χ3n) is 3.43. The molecule has 21 heavy (non-hydrogen) atoms. The molecule has 1 atom stereocenters. The molecule has 0 fully saturated rings. The summed E-state index contributed by atoms with van der Waals surface area (Å²) in [5.41, 5.74) is 6.30. The number of hydrogen-bond donors (Lipinski definition) is 1. The van der Waals surface area contributed by atoms with Crippen LogP contribution in [0, 0.1) is 11.6 Å². The number of halogens is 2. The van der Waals surface area contributed by atoms with Crippen LogP contribution in [-0.2, 0) is 6.54 Å². The first-order chi connectivity index (χ1) is 9.93. The molecule has 2 aromatic rings. The average molecular weight is 294 g/mol. The molecule has 0 spiro atoms. The van der Waals surface area contributed by atoms with Crippen LogP contribution in [0.1, 0.15) is 34.6 Å². The Morgan fingerprint density at radius 1 is 1.33 bits per heavy atom. The lowest BCUT2D eigenvalue weighted by atomic mass is 10.1. The normalized spacial score (nSPS) is 12.2. The van der Waals surface area contributed by atoms with Crippen molar-refractivity contribution in [1.82, 2.24) is 4.90 Å². The SMILES string of the molecule is CC(c1ccc(F)c(F)c1)N(C)C(=O)c1coc(CN)c1. The summed E-state index contributed by atoms with van der Waals surface area (Å²) in [6.07, 6.45) is 1.33. The molecule has 2 N–H and O–H groups in total. The molecule has 1 aromatic carbocycles. The van der Waals surface area contributed by atoms with Gasteiger partial charge in [-0.3, -0.25) is 4.79 Å². The minimum absolute atomic E-state index is 0.204. The monoisotopic (exact) mass is 294 g/mol. The third kappa shape index (κ3) is 3.11. The highest BCUT2D eigenvalue weighted by Gasteiger charge is 2.21. The summed E-state index contributed by atoms with van der Waals surface area (Å²) in [5.74, 6) is -1.63. The number of rotatable bonds is 4. The molecule has 0 aliphatic heterocycles. The van der Waals surface area contributed by atoms with Gasteiger partial charge in [0.25, 0.3) is 5.91 Å². The fourth-order valence-electron chi connectivity index (χ4n) is 1.98. The molecule has 112 valence electrons. The molecule has 1 heterocycles. The Morgan fingerprint density at radius 2 is 2.05 bits per heavy atom. The minimum Gasteiger partial charge on any atom is -0.467 e. The first-order valence-corrected chi connectivity index (χ1v) is 6.43. The lowest BCUT2D eigenvalue weighted by Gasteiger charge is -2.25. The number of carbonyl (C=O) groups is 1. The van der Waals surface area contributed by atoms with Gasteiger partial charge in [0, 0.05) is 7.05 Å². The summed E-state index contributed by atoms with van der Waals surface area (Å²) in [6.45, 7) is 1.93. The van der Waals surface area contributed by atoms with Crippen molar-refractivity contribution < 1.29 is 18.0 Å². The zero-order valence-corrected chi connectivity index (χ0v) is 11.8. The molecule has 1 aromatic heterocycles. The molecule has 0 saturated heterocycles. The fourth-order valence-corrected chi connectivity index (χ4v) is 1.98. The number of hydrogen-bond acceptors (Lipinski definition) is 3. The second-order valence-electron chi connectivity index (χ2n) is 4.77. The maximum atomic E-state index is 13.3. The standard InChI is InChI=1S/C15H16F2N2O2/c1-9(10-3-4-13(16)14(17)6-10)19(2)15(20)11-5-12(7-18)21-8-11/h3-6,8-9H,7,18H2,1-2H3. The van der Waals surface area contributed by atoms with Crippen LogP contribution in [0.4, 0.5) is 8.78 Å². The predicted octanol–water partition coefficient (Wildman–Crippen LogP) is 2.85. The maximum absolute atomic E-state index is 13.3. The summed E-state index contributed by atoms with van der Waals surface area (Å²) in [4.78, 5) is 13.7. The average Bonchev–Trinajstić information content (AvgIpc) is 2.96.